The van der Waals surface area contributed by atoms with Crippen LogP contribution >= 0.6 is 15.9 Å². The summed E-state index contributed by atoms with van der Waals surface area (Å²) in [4.78, 5) is 0. The van der Waals surface area contributed by atoms with Gasteiger partial charge in [-0.25, -0.2) is 0 Å². The van der Waals surface area contributed by atoms with Gasteiger partial charge in [-0.2, -0.15) is 0 Å². The molecule has 0 fully saturated rings. The Labute approximate surface area is 74.2 Å². The van der Waals surface area contributed by atoms with E-state index in [2.05, 4.69) is 15.9 Å². The first-order valence-corrected chi connectivity index (χ1v) is 4.21. The number of halogens is 1. The van der Waals surface area contributed by atoms with Crippen LogP contribution in [0.15, 0.2) is 22.7 Å². The van der Waals surface area contributed by atoms with Crippen LogP contribution in [0.3, 0.4) is 0 Å². The van der Waals surface area contributed by atoms with Crippen LogP contribution in [-0.2, 0) is 6.42 Å². The molecule has 2 nitrogen and oxygen atoms in total. The lowest BCUT2D eigenvalue weighted by Crippen LogP contribution is -2.02. The zero-order chi connectivity index (χ0) is 8.27. The van der Waals surface area contributed by atoms with Crippen molar-refractivity contribution < 1.29 is 5.11 Å². The van der Waals surface area contributed by atoms with Crippen molar-refractivity contribution in [3.63, 3.8) is 0 Å². The first-order chi connectivity index (χ1) is 5.24. The van der Waals surface area contributed by atoms with Gasteiger partial charge in [0.05, 0.1) is 0 Å². The summed E-state index contributed by atoms with van der Waals surface area (Å²) >= 11 is 3.26. The van der Waals surface area contributed by atoms with E-state index in [0.717, 1.165) is 16.5 Å². The minimum atomic E-state index is 0.310. The lowest BCUT2D eigenvalue weighted by Gasteiger charge is -2.01. The molecule has 1 aromatic carbocycles. The fourth-order valence-corrected chi connectivity index (χ4v) is 1.25. The number of aromatic hydroxyl groups is 1. The summed E-state index contributed by atoms with van der Waals surface area (Å²) in [6, 6.07) is 5.43. The van der Waals surface area contributed by atoms with Gasteiger partial charge < -0.3 is 10.8 Å². The van der Waals surface area contributed by atoms with Crippen molar-refractivity contribution in [2.45, 2.75) is 6.42 Å². The van der Waals surface area contributed by atoms with Crippen LogP contribution in [0.4, 0.5) is 0 Å². The molecule has 0 aliphatic heterocycles. The van der Waals surface area contributed by atoms with Crippen LogP contribution in [-0.4, -0.2) is 11.7 Å². The standard InChI is InChI=1S/C8H10BrNO/c9-7-2-1-6(3-4-10)8(11)5-7/h1-2,5,11H,3-4,10H2. The Hall–Kier alpha value is -0.540. The summed E-state index contributed by atoms with van der Waals surface area (Å²) in [5.74, 6) is 0.310. The Morgan fingerprint density at radius 3 is 2.73 bits per heavy atom. The fourth-order valence-electron chi connectivity index (χ4n) is 0.904. The third-order valence-corrected chi connectivity index (χ3v) is 1.95. The maximum Gasteiger partial charge on any atom is 0.119 e. The van der Waals surface area contributed by atoms with E-state index in [0.29, 0.717) is 12.3 Å². The van der Waals surface area contributed by atoms with E-state index in [-0.39, 0.29) is 0 Å². The summed E-state index contributed by atoms with van der Waals surface area (Å²) in [7, 11) is 0. The molecule has 11 heavy (non-hydrogen) atoms. The van der Waals surface area contributed by atoms with Crippen molar-refractivity contribution in [3.05, 3.63) is 28.2 Å². The Balaban J connectivity index is 2.90. The quantitative estimate of drug-likeness (QED) is 0.789. The van der Waals surface area contributed by atoms with Crippen molar-refractivity contribution in [2.75, 3.05) is 6.54 Å². The number of hydrogen-bond acceptors (Lipinski definition) is 2. The van der Waals surface area contributed by atoms with Gasteiger partial charge in [0.2, 0.25) is 0 Å². The van der Waals surface area contributed by atoms with Gasteiger partial charge in [-0.15, -0.1) is 0 Å². The molecule has 0 amide bonds. The number of nitrogens with two attached hydrogens (primary N) is 1. The average Bonchev–Trinajstić information content (AvgIpc) is 1.95. The van der Waals surface area contributed by atoms with Crippen LogP contribution < -0.4 is 5.73 Å². The van der Waals surface area contributed by atoms with Crippen molar-refractivity contribution >= 4 is 15.9 Å². The smallest absolute Gasteiger partial charge is 0.119 e. The molecule has 0 saturated carbocycles. The lowest BCUT2D eigenvalue weighted by atomic mass is 10.1. The minimum absolute atomic E-state index is 0.310. The predicted octanol–water partition coefficient (Wildman–Crippen LogP) is 1.66. The van der Waals surface area contributed by atoms with Crippen LogP contribution in [0, 0.1) is 0 Å². The molecule has 0 unspecified atom stereocenters. The van der Waals surface area contributed by atoms with E-state index in [4.69, 9.17) is 5.73 Å². The van der Waals surface area contributed by atoms with Crippen molar-refractivity contribution in [1.82, 2.24) is 0 Å². The summed E-state index contributed by atoms with van der Waals surface area (Å²) in [5.41, 5.74) is 6.24. The molecule has 3 N–H and O–H groups in total. The topological polar surface area (TPSA) is 46.2 Å². The van der Waals surface area contributed by atoms with E-state index in [1.165, 1.54) is 0 Å². The molecule has 1 rings (SSSR count). The van der Waals surface area contributed by atoms with Crippen molar-refractivity contribution in [1.29, 1.82) is 0 Å². The van der Waals surface area contributed by atoms with Gasteiger partial charge in [-0.05, 0) is 30.7 Å². The Morgan fingerprint density at radius 2 is 2.18 bits per heavy atom. The van der Waals surface area contributed by atoms with Crippen molar-refractivity contribution in [2.24, 2.45) is 5.73 Å². The highest BCUT2D eigenvalue weighted by Gasteiger charge is 1.99. The van der Waals surface area contributed by atoms with Crippen LogP contribution in [0.1, 0.15) is 5.56 Å². The number of benzene rings is 1. The van der Waals surface area contributed by atoms with E-state index in [1.54, 1.807) is 6.07 Å². The first-order valence-electron chi connectivity index (χ1n) is 3.41. The molecular formula is C8H10BrNO. The molecule has 0 atom stereocenters. The molecule has 60 valence electrons. The molecule has 3 heteroatoms. The third kappa shape index (κ3) is 2.20. The van der Waals surface area contributed by atoms with Gasteiger partial charge in [0.25, 0.3) is 0 Å². The molecule has 1 aromatic rings. The zero-order valence-electron chi connectivity index (χ0n) is 6.05. The summed E-state index contributed by atoms with van der Waals surface area (Å²) in [6.45, 7) is 0.565. The highest BCUT2D eigenvalue weighted by atomic mass is 79.9. The van der Waals surface area contributed by atoms with E-state index >= 15 is 0 Å². The second kappa shape index (κ2) is 3.74. The molecule has 0 heterocycles. The summed E-state index contributed by atoms with van der Waals surface area (Å²) in [6.07, 6.45) is 0.721. The molecule has 0 radical (unpaired) electrons. The van der Waals surface area contributed by atoms with Gasteiger partial charge in [-0.1, -0.05) is 22.0 Å². The molecule has 0 saturated heterocycles. The molecular weight excluding hydrogens is 206 g/mol. The van der Waals surface area contributed by atoms with E-state index in [9.17, 15) is 5.11 Å². The number of phenolic OH excluding ortho intramolecular Hbond substituents is 1. The Morgan fingerprint density at radius 1 is 1.45 bits per heavy atom. The summed E-state index contributed by atoms with van der Waals surface area (Å²) in [5, 5.41) is 9.34. The second-order valence-electron chi connectivity index (χ2n) is 2.31. The van der Waals surface area contributed by atoms with E-state index in [1.807, 2.05) is 12.1 Å². The second-order valence-corrected chi connectivity index (χ2v) is 3.23. The monoisotopic (exact) mass is 215 g/mol. The van der Waals surface area contributed by atoms with E-state index < -0.39 is 0 Å². The normalized spacial score (nSPS) is 10.0. The highest BCUT2D eigenvalue weighted by Crippen LogP contribution is 2.22. The maximum atomic E-state index is 9.34. The number of phenols is 1. The zero-order valence-corrected chi connectivity index (χ0v) is 7.63. The minimum Gasteiger partial charge on any atom is -0.508 e. The highest BCUT2D eigenvalue weighted by molar-refractivity contribution is 9.10. The Kier molecular flexibility index (Phi) is 2.91. The SMILES string of the molecule is NCCc1ccc(Br)cc1O. The lowest BCUT2D eigenvalue weighted by molar-refractivity contribution is 0.468. The molecule has 0 aliphatic rings. The largest absolute Gasteiger partial charge is 0.508 e. The average molecular weight is 216 g/mol. The maximum absolute atomic E-state index is 9.34. The van der Waals surface area contributed by atoms with Crippen molar-refractivity contribution in [3.8, 4) is 5.75 Å². The molecule has 0 aliphatic carbocycles. The van der Waals surface area contributed by atoms with Crippen LogP contribution in [0.5, 0.6) is 5.75 Å². The number of hydrogen-bond donors (Lipinski definition) is 2. The van der Waals surface area contributed by atoms with Crippen LogP contribution in [0.2, 0.25) is 0 Å². The molecule has 0 bridgehead atoms. The Bertz CT molecular complexity index is 250. The molecule has 0 spiro atoms. The van der Waals surface area contributed by atoms with Gasteiger partial charge in [0.15, 0.2) is 0 Å². The predicted molar refractivity (Wildman–Crippen MR) is 48.6 cm³/mol. The molecule has 0 aromatic heterocycles. The first kappa shape index (κ1) is 8.56. The van der Waals surface area contributed by atoms with Crippen LogP contribution in [0.25, 0.3) is 0 Å². The summed E-state index contributed by atoms with van der Waals surface area (Å²) < 4.78 is 0.885. The van der Waals surface area contributed by atoms with Gasteiger partial charge in [-0.3, -0.25) is 0 Å². The van der Waals surface area contributed by atoms with Gasteiger partial charge in [0.1, 0.15) is 5.75 Å². The third-order valence-electron chi connectivity index (χ3n) is 1.46. The van der Waals surface area contributed by atoms with Gasteiger partial charge in [0, 0.05) is 4.47 Å². The fraction of sp³-hybridized carbons (Fsp3) is 0.250. The number of rotatable bonds is 2. The van der Waals surface area contributed by atoms with Gasteiger partial charge >= 0.3 is 0 Å².